The number of rotatable bonds is 4. The first kappa shape index (κ1) is 12.1. The molecule has 18 heavy (non-hydrogen) atoms. The lowest BCUT2D eigenvalue weighted by molar-refractivity contribution is 0.139. The predicted molar refractivity (Wildman–Crippen MR) is 79.2 cm³/mol. The second kappa shape index (κ2) is 4.61. The SMILES string of the molecule is CCc1nc2ccccc2n1CC1(CS)CCC1. The van der Waals surface area contributed by atoms with Crippen molar-refractivity contribution in [3.63, 3.8) is 0 Å². The van der Waals surface area contributed by atoms with Gasteiger partial charge in [0.05, 0.1) is 11.0 Å². The summed E-state index contributed by atoms with van der Waals surface area (Å²) in [5, 5.41) is 0. The van der Waals surface area contributed by atoms with Crippen LogP contribution in [0.15, 0.2) is 24.3 Å². The van der Waals surface area contributed by atoms with Crippen molar-refractivity contribution in [3.8, 4) is 0 Å². The minimum absolute atomic E-state index is 0.413. The van der Waals surface area contributed by atoms with Crippen molar-refractivity contribution in [2.75, 3.05) is 5.75 Å². The third-order valence-corrected chi connectivity index (χ3v) is 4.96. The summed E-state index contributed by atoms with van der Waals surface area (Å²) in [6, 6.07) is 8.47. The number of fused-ring (bicyclic) bond motifs is 1. The minimum atomic E-state index is 0.413. The van der Waals surface area contributed by atoms with Crippen LogP contribution in [-0.4, -0.2) is 15.3 Å². The lowest BCUT2D eigenvalue weighted by Crippen LogP contribution is -2.36. The van der Waals surface area contributed by atoms with E-state index in [2.05, 4.69) is 48.4 Å². The highest BCUT2D eigenvalue weighted by molar-refractivity contribution is 7.80. The molecular formula is C15H20N2S. The Bertz CT molecular complexity index is 549. The minimum Gasteiger partial charge on any atom is -0.327 e. The average molecular weight is 260 g/mol. The van der Waals surface area contributed by atoms with Gasteiger partial charge in [-0.25, -0.2) is 4.98 Å². The van der Waals surface area contributed by atoms with Gasteiger partial charge in [-0.3, -0.25) is 0 Å². The molecule has 0 N–H and O–H groups in total. The molecule has 3 heteroatoms. The standard InChI is InChI=1S/C15H20N2S/c1-2-14-16-12-6-3-4-7-13(12)17(14)10-15(11-18)8-5-9-15/h3-4,6-7,18H,2,5,8-11H2,1H3. The van der Waals surface area contributed by atoms with Crippen molar-refractivity contribution >= 4 is 23.7 Å². The Hall–Kier alpha value is -0.960. The first-order valence-corrected chi connectivity index (χ1v) is 7.46. The normalized spacial score (nSPS) is 17.9. The fourth-order valence-electron chi connectivity index (χ4n) is 2.95. The van der Waals surface area contributed by atoms with Gasteiger partial charge < -0.3 is 4.57 Å². The van der Waals surface area contributed by atoms with E-state index in [0.29, 0.717) is 5.41 Å². The van der Waals surface area contributed by atoms with Gasteiger partial charge in [-0.15, -0.1) is 0 Å². The predicted octanol–water partition coefficient (Wildman–Crippen LogP) is 3.70. The van der Waals surface area contributed by atoms with E-state index in [-0.39, 0.29) is 0 Å². The van der Waals surface area contributed by atoms with Gasteiger partial charge in [0, 0.05) is 13.0 Å². The van der Waals surface area contributed by atoms with Crippen LogP contribution in [0.25, 0.3) is 11.0 Å². The third kappa shape index (κ3) is 1.85. The van der Waals surface area contributed by atoms with E-state index in [0.717, 1.165) is 24.2 Å². The summed E-state index contributed by atoms with van der Waals surface area (Å²) in [4.78, 5) is 4.75. The summed E-state index contributed by atoms with van der Waals surface area (Å²) in [6.45, 7) is 3.27. The molecule has 1 aromatic carbocycles. The second-order valence-electron chi connectivity index (χ2n) is 5.47. The summed E-state index contributed by atoms with van der Waals surface area (Å²) >= 11 is 4.57. The molecule has 1 heterocycles. The van der Waals surface area contributed by atoms with E-state index < -0.39 is 0 Å². The molecule has 1 aromatic heterocycles. The van der Waals surface area contributed by atoms with E-state index >= 15 is 0 Å². The van der Waals surface area contributed by atoms with Crippen molar-refractivity contribution in [3.05, 3.63) is 30.1 Å². The second-order valence-corrected chi connectivity index (χ2v) is 5.78. The smallest absolute Gasteiger partial charge is 0.109 e. The summed E-state index contributed by atoms with van der Waals surface area (Å²) in [5.41, 5.74) is 2.82. The number of aryl methyl sites for hydroxylation is 1. The molecule has 1 aliphatic carbocycles. The summed E-state index contributed by atoms with van der Waals surface area (Å²) in [7, 11) is 0. The molecule has 0 atom stereocenters. The van der Waals surface area contributed by atoms with E-state index in [1.165, 1.54) is 30.6 Å². The van der Waals surface area contributed by atoms with E-state index in [9.17, 15) is 0 Å². The first-order valence-electron chi connectivity index (χ1n) is 6.83. The highest BCUT2D eigenvalue weighted by Crippen LogP contribution is 2.44. The highest BCUT2D eigenvalue weighted by Gasteiger charge is 2.36. The maximum atomic E-state index is 4.75. The zero-order valence-electron chi connectivity index (χ0n) is 10.9. The molecule has 0 bridgehead atoms. The summed E-state index contributed by atoms with van der Waals surface area (Å²) in [5.74, 6) is 2.20. The van der Waals surface area contributed by atoms with Crippen LogP contribution in [0.5, 0.6) is 0 Å². The van der Waals surface area contributed by atoms with Crippen molar-refractivity contribution in [1.29, 1.82) is 0 Å². The molecule has 96 valence electrons. The van der Waals surface area contributed by atoms with Gasteiger partial charge >= 0.3 is 0 Å². The highest BCUT2D eigenvalue weighted by atomic mass is 32.1. The Balaban J connectivity index is 2.04. The van der Waals surface area contributed by atoms with E-state index in [4.69, 9.17) is 4.98 Å². The summed E-state index contributed by atoms with van der Waals surface area (Å²) in [6.07, 6.45) is 4.98. The molecule has 0 aliphatic heterocycles. The molecule has 0 spiro atoms. The monoisotopic (exact) mass is 260 g/mol. The Morgan fingerprint density at radius 1 is 1.33 bits per heavy atom. The van der Waals surface area contributed by atoms with Crippen LogP contribution in [0.3, 0.4) is 0 Å². The van der Waals surface area contributed by atoms with Crippen LogP contribution >= 0.6 is 12.6 Å². The van der Waals surface area contributed by atoms with Crippen LogP contribution < -0.4 is 0 Å². The Labute approximate surface area is 114 Å². The third-order valence-electron chi connectivity index (χ3n) is 4.29. The van der Waals surface area contributed by atoms with Crippen molar-refractivity contribution in [2.45, 2.75) is 39.2 Å². The van der Waals surface area contributed by atoms with Crippen molar-refractivity contribution < 1.29 is 0 Å². The molecule has 0 amide bonds. The quantitative estimate of drug-likeness (QED) is 0.830. The number of nitrogens with zero attached hydrogens (tertiary/aromatic N) is 2. The van der Waals surface area contributed by atoms with Crippen LogP contribution in [-0.2, 0) is 13.0 Å². The average Bonchev–Trinajstić information content (AvgIpc) is 2.71. The number of aromatic nitrogens is 2. The molecule has 0 saturated heterocycles. The molecule has 3 rings (SSSR count). The van der Waals surface area contributed by atoms with Crippen LogP contribution in [0, 0.1) is 5.41 Å². The van der Waals surface area contributed by atoms with Crippen LogP contribution in [0.2, 0.25) is 0 Å². The largest absolute Gasteiger partial charge is 0.327 e. The van der Waals surface area contributed by atoms with Crippen molar-refractivity contribution in [1.82, 2.24) is 9.55 Å². The number of hydrogen-bond donors (Lipinski definition) is 1. The zero-order valence-corrected chi connectivity index (χ0v) is 11.8. The van der Waals surface area contributed by atoms with E-state index in [1.807, 2.05) is 0 Å². The summed E-state index contributed by atoms with van der Waals surface area (Å²) < 4.78 is 2.42. The molecule has 0 radical (unpaired) electrons. The van der Waals surface area contributed by atoms with Gasteiger partial charge in [-0.05, 0) is 36.1 Å². The Morgan fingerprint density at radius 3 is 2.72 bits per heavy atom. The fraction of sp³-hybridized carbons (Fsp3) is 0.533. The number of benzene rings is 1. The Morgan fingerprint density at radius 2 is 2.11 bits per heavy atom. The van der Waals surface area contributed by atoms with Gasteiger partial charge in [-0.1, -0.05) is 25.5 Å². The topological polar surface area (TPSA) is 17.8 Å². The Kier molecular flexibility index (Phi) is 3.10. The number of imidazole rings is 1. The zero-order chi connectivity index (χ0) is 12.6. The van der Waals surface area contributed by atoms with Crippen LogP contribution in [0.1, 0.15) is 32.0 Å². The number of para-hydroxylation sites is 2. The number of thiol groups is 1. The maximum absolute atomic E-state index is 4.75. The van der Waals surface area contributed by atoms with Gasteiger partial charge in [0.15, 0.2) is 0 Å². The first-order chi connectivity index (χ1) is 8.78. The molecule has 1 aliphatic rings. The van der Waals surface area contributed by atoms with Gasteiger partial charge in [-0.2, -0.15) is 12.6 Å². The van der Waals surface area contributed by atoms with Gasteiger partial charge in [0.2, 0.25) is 0 Å². The maximum Gasteiger partial charge on any atom is 0.109 e. The molecule has 1 saturated carbocycles. The molecule has 2 aromatic rings. The van der Waals surface area contributed by atoms with Gasteiger partial charge in [0.1, 0.15) is 5.82 Å². The van der Waals surface area contributed by atoms with E-state index in [1.54, 1.807) is 0 Å². The van der Waals surface area contributed by atoms with Crippen LogP contribution in [0.4, 0.5) is 0 Å². The molecular weight excluding hydrogens is 240 g/mol. The van der Waals surface area contributed by atoms with Gasteiger partial charge in [0.25, 0.3) is 0 Å². The fourth-order valence-corrected chi connectivity index (χ4v) is 3.37. The lowest BCUT2D eigenvalue weighted by atomic mass is 9.70. The van der Waals surface area contributed by atoms with Crippen molar-refractivity contribution in [2.24, 2.45) is 5.41 Å². The number of hydrogen-bond acceptors (Lipinski definition) is 2. The molecule has 2 nitrogen and oxygen atoms in total. The molecule has 0 unspecified atom stereocenters. The molecule has 1 fully saturated rings. The lowest BCUT2D eigenvalue weighted by Gasteiger charge is -2.41.